The number of carbonyl (C=O) groups is 3. The number of hydrogen-bond donors (Lipinski definition) is 1. The van der Waals surface area contributed by atoms with Crippen molar-refractivity contribution in [2.24, 2.45) is 11.8 Å². The molecular weight excluding hydrogens is 342 g/mol. The zero-order valence-electron chi connectivity index (χ0n) is 16.6. The summed E-state index contributed by atoms with van der Waals surface area (Å²) in [4.78, 5) is 40.8. The molecule has 0 unspecified atom stereocenters. The Kier molecular flexibility index (Phi) is 5.27. The molecule has 6 heteroatoms. The van der Waals surface area contributed by atoms with Crippen molar-refractivity contribution in [1.82, 2.24) is 15.1 Å². The van der Waals surface area contributed by atoms with Gasteiger partial charge in [0.1, 0.15) is 0 Å². The van der Waals surface area contributed by atoms with Crippen LogP contribution in [0.1, 0.15) is 45.7 Å². The minimum absolute atomic E-state index is 0.00285. The fourth-order valence-electron chi connectivity index (χ4n) is 4.76. The molecule has 0 spiro atoms. The van der Waals surface area contributed by atoms with Crippen LogP contribution in [-0.4, -0.2) is 52.7 Å². The second-order valence-electron chi connectivity index (χ2n) is 8.15. The van der Waals surface area contributed by atoms with Crippen LogP contribution in [0.5, 0.6) is 0 Å². The third-order valence-corrected chi connectivity index (χ3v) is 5.85. The van der Waals surface area contributed by atoms with Crippen LogP contribution in [0.25, 0.3) is 0 Å². The molecule has 2 aliphatic rings. The maximum Gasteiger partial charge on any atom is 0.225 e. The largest absolute Gasteiger partial charge is 0.347 e. The fourth-order valence-corrected chi connectivity index (χ4v) is 4.76. The number of piperidine rings is 1. The average Bonchev–Trinajstić information content (AvgIpc) is 2.94. The van der Waals surface area contributed by atoms with Gasteiger partial charge in [0.2, 0.25) is 17.7 Å². The summed E-state index contributed by atoms with van der Waals surface area (Å²) in [6.45, 7) is 8.38. The van der Waals surface area contributed by atoms with Gasteiger partial charge in [0.15, 0.2) is 0 Å². The van der Waals surface area contributed by atoms with Crippen molar-refractivity contribution in [2.75, 3.05) is 19.6 Å². The number of likely N-dealkylation sites (tertiary alicyclic amines) is 2. The summed E-state index contributed by atoms with van der Waals surface area (Å²) in [5, 5.41) is 3.14. The standard InChI is InChI=1S/C21H29N3O3/c1-14(2)20(27)24-13-21(22-15(3)25)12-23(16(4)26)11-10-18(21)19(24)17-8-6-5-7-9-17/h5-9,14,18-19H,10-13H2,1-4H3,(H,22,25)/t18-,19-,21-/m1/s1. The molecule has 3 amide bonds. The van der Waals surface area contributed by atoms with Crippen LogP contribution in [-0.2, 0) is 14.4 Å². The van der Waals surface area contributed by atoms with Crippen LogP contribution in [0.2, 0.25) is 0 Å². The summed E-state index contributed by atoms with van der Waals surface area (Å²) in [6, 6.07) is 9.93. The first kappa shape index (κ1) is 19.4. The van der Waals surface area contributed by atoms with E-state index < -0.39 is 5.54 Å². The van der Waals surface area contributed by atoms with Crippen LogP contribution >= 0.6 is 0 Å². The normalized spacial score (nSPS) is 27.4. The number of nitrogens with zero attached hydrogens (tertiary/aromatic N) is 2. The van der Waals surface area contributed by atoms with Crippen LogP contribution in [0.15, 0.2) is 30.3 Å². The van der Waals surface area contributed by atoms with E-state index in [2.05, 4.69) is 5.32 Å². The summed E-state index contributed by atoms with van der Waals surface area (Å²) < 4.78 is 0. The predicted octanol–water partition coefficient (Wildman–Crippen LogP) is 1.97. The van der Waals surface area contributed by atoms with E-state index in [1.165, 1.54) is 6.92 Å². The first-order valence-corrected chi connectivity index (χ1v) is 9.65. The molecular formula is C21H29N3O3. The molecule has 0 aromatic heterocycles. The second kappa shape index (κ2) is 7.33. The smallest absolute Gasteiger partial charge is 0.225 e. The van der Waals surface area contributed by atoms with Crippen molar-refractivity contribution in [2.45, 2.75) is 45.7 Å². The molecule has 0 aliphatic carbocycles. The highest BCUT2D eigenvalue weighted by Gasteiger charge is 2.57. The van der Waals surface area contributed by atoms with Gasteiger partial charge in [0.05, 0.1) is 11.6 Å². The van der Waals surface area contributed by atoms with Gasteiger partial charge in [-0.2, -0.15) is 0 Å². The molecule has 0 bridgehead atoms. The maximum atomic E-state index is 13.0. The summed E-state index contributed by atoms with van der Waals surface area (Å²) in [5.41, 5.74) is 0.473. The van der Waals surface area contributed by atoms with E-state index in [4.69, 9.17) is 0 Å². The Hall–Kier alpha value is -2.37. The highest BCUT2D eigenvalue weighted by Crippen LogP contribution is 2.48. The number of rotatable bonds is 3. The predicted molar refractivity (Wildman–Crippen MR) is 103 cm³/mol. The van der Waals surface area contributed by atoms with Gasteiger partial charge in [0.25, 0.3) is 0 Å². The van der Waals surface area contributed by atoms with Crippen LogP contribution < -0.4 is 5.32 Å². The van der Waals surface area contributed by atoms with E-state index in [0.29, 0.717) is 19.6 Å². The Labute approximate surface area is 160 Å². The van der Waals surface area contributed by atoms with Gasteiger partial charge in [-0.1, -0.05) is 44.2 Å². The molecule has 1 N–H and O–H groups in total. The lowest BCUT2D eigenvalue weighted by molar-refractivity contribution is -0.136. The minimum Gasteiger partial charge on any atom is -0.347 e. The average molecular weight is 371 g/mol. The number of amides is 3. The van der Waals surface area contributed by atoms with Crippen molar-refractivity contribution in [1.29, 1.82) is 0 Å². The molecule has 2 heterocycles. The van der Waals surface area contributed by atoms with E-state index in [9.17, 15) is 14.4 Å². The lowest BCUT2D eigenvalue weighted by Crippen LogP contribution is -2.64. The molecule has 3 rings (SSSR count). The fraction of sp³-hybridized carbons (Fsp3) is 0.571. The Bertz CT molecular complexity index is 733. The third-order valence-electron chi connectivity index (χ3n) is 5.85. The molecule has 1 aromatic carbocycles. The molecule has 27 heavy (non-hydrogen) atoms. The van der Waals surface area contributed by atoms with Crippen molar-refractivity contribution in [3.05, 3.63) is 35.9 Å². The SMILES string of the molecule is CC(=O)N[C@@]12CN(C(C)=O)CC[C@@H]1[C@@H](c1ccccc1)N(C(=O)C(C)C)C2. The van der Waals surface area contributed by atoms with Gasteiger partial charge in [-0.25, -0.2) is 0 Å². The lowest BCUT2D eigenvalue weighted by Gasteiger charge is -2.45. The lowest BCUT2D eigenvalue weighted by atomic mass is 9.75. The quantitative estimate of drug-likeness (QED) is 0.883. The third kappa shape index (κ3) is 3.57. The molecule has 0 saturated carbocycles. The highest BCUT2D eigenvalue weighted by atomic mass is 16.2. The van der Waals surface area contributed by atoms with Gasteiger partial charge in [0, 0.05) is 45.3 Å². The van der Waals surface area contributed by atoms with E-state index in [0.717, 1.165) is 12.0 Å². The number of nitrogens with one attached hydrogen (secondary N) is 1. The summed E-state index contributed by atoms with van der Waals surface area (Å²) in [6.07, 6.45) is 0.751. The first-order valence-electron chi connectivity index (χ1n) is 9.65. The van der Waals surface area contributed by atoms with Gasteiger partial charge in [-0.3, -0.25) is 14.4 Å². The van der Waals surface area contributed by atoms with E-state index in [1.807, 2.05) is 49.1 Å². The van der Waals surface area contributed by atoms with Crippen LogP contribution in [0, 0.1) is 11.8 Å². The van der Waals surface area contributed by atoms with Crippen molar-refractivity contribution < 1.29 is 14.4 Å². The number of benzene rings is 1. The molecule has 1 aromatic rings. The minimum atomic E-state index is -0.610. The summed E-state index contributed by atoms with van der Waals surface area (Å²) >= 11 is 0. The van der Waals surface area contributed by atoms with Crippen LogP contribution in [0.4, 0.5) is 0 Å². The van der Waals surface area contributed by atoms with Gasteiger partial charge in [-0.15, -0.1) is 0 Å². The van der Waals surface area contributed by atoms with Gasteiger partial charge >= 0.3 is 0 Å². The van der Waals surface area contributed by atoms with Gasteiger partial charge in [-0.05, 0) is 12.0 Å². The number of hydrogen-bond acceptors (Lipinski definition) is 3. The molecule has 2 aliphatic heterocycles. The molecule has 146 valence electrons. The zero-order chi connectivity index (χ0) is 19.8. The molecule has 0 radical (unpaired) electrons. The monoisotopic (exact) mass is 371 g/mol. The molecule has 6 nitrogen and oxygen atoms in total. The Morgan fingerprint density at radius 2 is 1.78 bits per heavy atom. The number of carbonyl (C=O) groups excluding carboxylic acids is 3. The maximum absolute atomic E-state index is 13.0. The summed E-state index contributed by atoms with van der Waals surface area (Å²) in [5.74, 6) is -0.103. The molecule has 2 fully saturated rings. The van der Waals surface area contributed by atoms with E-state index in [1.54, 1.807) is 11.8 Å². The van der Waals surface area contributed by atoms with E-state index in [-0.39, 0.29) is 35.6 Å². The second-order valence-corrected chi connectivity index (χ2v) is 8.15. The Morgan fingerprint density at radius 3 is 2.33 bits per heavy atom. The Balaban J connectivity index is 2.07. The molecule has 2 saturated heterocycles. The zero-order valence-corrected chi connectivity index (χ0v) is 16.6. The summed E-state index contributed by atoms with van der Waals surface area (Å²) in [7, 11) is 0. The van der Waals surface area contributed by atoms with Crippen molar-refractivity contribution >= 4 is 17.7 Å². The highest BCUT2D eigenvalue weighted by molar-refractivity contribution is 5.80. The topological polar surface area (TPSA) is 69.7 Å². The first-order chi connectivity index (χ1) is 12.7. The van der Waals surface area contributed by atoms with Crippen molar-refractivity contribution in [3.63, 3.8) is 0 Å². The van der Waals surface area contributed by atoms with Crippen molar-refractivity contribution in [3.8, 4) is 0 Å². The molecule has 3 atom stereocenters. The van der Waals surface area contributed by atoms with Gasteiger partial charge < -0.3 is 15.1 Å². The Morgan fingerprint density at radius 1 is 1.11 bits per heavy atom. The number of fused-ring (bicyclic) bond motifs is 1. The van der Waals surface area contributed by atoms with Crippen LogP contribution in [0.3, 0.4) is 0 Å². The van der Waals surface area contributed by atoms with E-state index >= 15 is 0 Å².